The molecule has 0 saturated carbocycles. The van der Waals surface area contributed by atoms with Crippen LogP contribution in [0.3, 0.4) is 0 Å². The van der Waals surface area contributed by atoms with Gasteiger partial charge in [-0.25, -0.2) is 8.42 Å². The molecule has 142 valence electrons. The maximum atomic E-state index is 12.8. The first kappa shape index (κ1) is 17.9. The van der Waals surface area contributed by atoms with Crippen molar-refractivity contribution in [1.82, 2.24) is 9.80 Å². The molecule has 0 radical (unpaired) electrons. The number of hydrogen-bond donors (Lipinski definition) is 1. The lowest BCUT2D eigenvalue weighted by Gasteiger charge is -2.40. The van der Waals surface area contributed by atoms with Crippen LogP contribution in [0.25, 0.3) is 0 Å². The topological polar surface area (TPSA) is 81.2 Å². The highest BCUT2D eigenvalue weighted by molar-refractivity contribution is 7.91. The van der Waals surface area contributed by atoms with Gasteiger partial charge in [0.25, 0.3) is 0 Å². The van der Waals surface area contributed by atoms with E-state index in [1.807, 2.05) is 35.2 Å². The number of amides is 1. The molecule has 3 aliphatic rings. The van der Waals surface area contributed by atoms with E-state index in [1.54, 1.807) is 0 Å². The van der Waals surface area contributed by atoms with E-state index in [1.165, 1.54) is 0 Å². The second-order valence-electron chi connectivity index (χ2n) is 7.41. The lowest BCUT2D eigenvalue weighted by Crippen LogP contribution is -2.56. The Morgan fingerprint density at radius 1 is 0.923 bits per heavy atom. The summed E-state index contributed by atoms with van der Waals surface area (Å²) in [7, 11) is -3.14. The summed E-state index contributed by atoms with van der Waals surface area (Å²) < 4.78 is 23.5. The van der Waals surface area contributed by atoms with Crippen LogP contribution in [0.15, 0.2) is 30.3 Å². The molecule has 1 amide bonds. The monoisotopic (exact) mass is 379 g/mol. The van der Waals surface area contributed by atoms with Crippen LogP contribution < -0.4 is 4.90 Å². The zero-order valence-electron chi connectivity index (χ0n) is 14.7. The van der Waals surface area contributed by atoms with Crippen molar-refractivity contribution in [2.24, 2.45) is 0 Å². The summed E-state index contributed by atoms with van der Waals surface area (Å²) in [4.78, 5) is 19.0. The second kappa shape index (κ2) is 6.92. The van der Waals surface area contributed by atoms with Crippen LogP contribution >= 0.6 is 0 Å². The van der Waals surface area contributed by atoms with Crippen LogP contribution in [-0.4, -0.2) is 91.6 Å². The van der Waals surface area contributed by atoms with Crippen molar-refractivity contribution in [3.05, 3.63) is 30.3 Å². The van der Waals surface area contributed by atoms with Gasteiger partial charge in [-0.3, -0.25) is 14.6 Å². The fraction of sp³-hybridized carbons (Fsp3) is 0.611. The predicted molar refractivity (Wildman–Crippen MR) is 98.8 cm³/mol. The third kappa shape index (κ3) is 3.38. The van der Waals surface area contributed by atoms with Crippen LogP contribution in [0, 0.1) is 0 Å². The highest BCUT2D eigenvalue weighted by Crippen LogP contribution is 2.26. The summed E-state index contributed by atoms with van der Waals surface area (Å²) in [6, 6.07) is 9.33. The molecule has 3 saturated heterocycles. The van der Waals surface area contributed by atoms with Gasteiger partial charge >= 0.3 is 0 Å². The standard InChI is InChI=1S/C18H25N3O4S/c22-17-13-26(24,25)12-16(17)20-10-8-19(9-11-20)15-6-7-21(18(15)23)14-4-2-1-3-5-14/h1-5,15-17,22H,6-13H2/t15-,16+,17-/m1/s1. The van der Waals surface area contributed by atoms with Gasteiger partial charge in [0.1, 0.15) is 0 Å². The summed E-state index contributed by atoms with van der Waals surface area (Å²) in [6.45, 7) is 3.55. The quantitative estimate of drug-likeness (QED) is 0.768. The van der Waals surface area contributed by atoms with Crippen molar-refractivity contribution in [3.8, 4) is 0 Å². The molecule has 7 nitrogen and oxygen atoms in total. The number of piperazine rings is 1. The van der Waals surface area contributed by atoms with Gasteiger partial charge in [-0.2, -0.15) is 0 Å². The molecule has 0 aromatic heterocycles. The number of nitrogens with zero attached hydrogens (tertiary/aromatic N) is 3. The van der Waals surface area contributed by atoms with Crippen molar-refractivity contribution < 1.29 is 18.3 Å². The highest BCUT2D eigenvalue weighted by atomic mass is 32.2. The fourth-order valence-electron chi connectivity index (χ4n) is 4.41. The van der Waals surface area contributed by atoms with Crippen molar-refractivity contribution in [3.63, 3.8) is 0 Å². The van der Waals surface area contributed by atoms with Crippen LogP contribution in [0.4, 0.5) is 5.69 Å². The van der Waals surface area contributed by atoms with E-state index in [0.29, 0.717) is 13.1 Å². The Morgan fingerprint density at radius 3 is 2.19 bits per heavy atom. The normalized spacial score (nSPS) is 33.0. The Morgan fingerprint density at radius 2 is 1.58 bits per heavy atom. The van der Waals surface area contributed by atoms with E-state index in [0.717, 1.165) is 31.7 Å². The molecule has 0 aliphatic carbocycles. The first-order valence-electron chi connectivity index (χ1n) is 9.18. The Hall–Kier alpha value is -1.48. The lowest BCUT2D eigenvalue weighted by atomic mass is 10.1. The molecule has 3 fully saturated rings. The van der Waals surface area contributed by atoms with E-state index in [2.05, 4.69) is 9.80 Å². The van der Waals surface area contributed by atoms with Gasteiger partial charge in [-0.05, 0) is 18.6 Å². The number of hydrogen-bond acceptors (Lipinski definition) is 6. The third-order valence-corrected chi connectivity index (χ3v) is 7.50. The molecular formula is C18H25N3O4S. The van der Waals surface area contributed by atoms with E-state index in [-0.39, 0.29) is 29.5 Å². The van der Waals surface area contributed by atoms with E-state index in [4.69, 9.17) is 0 Å². The number of anilines is 1. The zero-order valence-corrected chi connectivity index (χ0v) is 15.5. The fourth-order valence-corrected chi connectivity index (χ4v) is 6.24. The minimum atomic E-state index is -3.14. The molecule has 0 spiro atoms. The molecule has 26 heavy (non-hydrogen) atoms. The molecule has 0 bridgehead atoms. The van der Waals surface area contributed by atoms with Crippen molar-refractivity contribution in [2.75, 3.05) is 49.1 Å². The number of rotatable bonds is 3. The van der Waals surface area contributed by atoms with Crippen molar-refractivity contribution in [1.29, 1.82) is 0 Å². The molecule has 1 aromatic rings. The number of para-hydroxylation sites is 1. The number of aliphatic hydroxyl groups excluding tert-OH is 1. The van der Waals surface area contributed by atoms with E-state index in [9.17, 15) is 18.3 Å². The van der Waals surface area contributed by atoms with Gasteiger partial charge in [0, 0.05) is 38.4 Å². The minimum absolute atomic E-state index is 0.0400. The molecule has 4 rings (SSSR count). The SMILES string of the molecule is O=C1[C@H](N2CCN([C@H]3CS(=O)(=O)C[C@H]3O)CC2)CCN1c1ccccc1. The molecule has 1 aromatic carbocycles. The maximum Gasteiger partial charge on any atom is 0.244 e. The zero-order chi connectivity index (χ0) is 18.3. The summed E-state index contributed by atoms with van der Waals surface area (Å²) in [5.74, 6) is 0.0525. The first-order valence-corrected chi connectivity index (χ1v) is 11.0. The molecule has 1 N–H and O–H groups in total. The van der Waals surface area contributed by atoms with Gasteiger partial charge < -0.3 is 10.0 Å². The third-order valence-electron chi connectivity index (χ3n) is 5.80. The molecule has 3 aliphatic heterocycles. The van der Waals surface area contributed by atoms with Crippen LogP contribution in [-0.2, 0) is 14.6 Å². The summed E-state index contributed by atoms with van der Waals surface area (Å²) in [6.07, 6.45) is 0.0157. The highest BCUT2D eigenvalue weighted by Gasteiger charge is 2.43. The largest absolute Gasteiger partial charge is 0.390 e. The average Bonchev–Trinajstić information content (AvgIpc) is 3.14. The summed E-state index contributed by atoms with van der Waals surface area (Å²) in [5, 5.41) is 10.1. The summed E-state index contributed by atoms with van der Waals surface area (Å²) >= 11 is 0. The molecule has 3 heterocycles. The van der Waals surface area contributed by atoms with Gasteiger partial charge in [-0.15, -0.1) is 0 Å². The van der Waals surface area contributed by atoms with Gasteiger partial charge in [0.05, 0.1) is 29.7 Å². The van der Waals surface area contributed by atoms with E-state index >= 15 is 0 Å². The number of aliphatic hydroxyl groups is 1. The van der Waals surface area contributed by atoms with Gasteiger partial charge in [0.15, 0.2) is 9.84 Å². The average molecular weight is 379 g/mol. The van der Waals surface area contributed by atoms with E-state index < -0.39 is 15.9 Å². The Bertz CT molecular complexity index is 762. The molecule has 0 unspecified atom stereocenters. The van der Waals surface area contributed by atoms with Crippen LogP contribution in [0.5, 0.6) is 0 Å². The molecule has 8 heteroatoms. The van der Waals surface area contributed by atoms with Gasteiger partial charge in [-0.1, -0.05) is 18.2 Å². The number of sulfone groups is 1. The Balaban J connectivity index is 1.36. The smallest absolute Gasteiger partial charge is 0.244 e. The molecule has 3 atom stereocenters. The second-order valence-corrected chi connectivity index (χ2v) is 9.57. The first-order chi connectivity index (χ1) is 12.4. The van der Waals surface area contributed by atoms with Crippen molar-refractivity contribution in [2.45, 2.75) is 24.6 Å². The molecular weight excluding hydrogens is 354 g/mol. The Kier molecular flexibility index (Phi) is 4.77. The lowest BCUT2D eigenvalue weighted by molar-refractivity contribution is -0.122. The van der Waals surface area contributed by atoms with Crippen LogP contribution in [0.1, 0.15) is 6.42 Å². The predicted octanol–water partition coefficient (Wildman–Crippen LogP) is -0.433. The Labute approximate surface area is 154 Å². The number of carbonyl (C=O) groups is 1. The maximum absolute atomic E-state index is 12.8. The van der Waals surface area contributed by atoms with Crippen LogP contribution in [0.2, 0.25) is 0 Å². The number of benzene rings is 1. The minimum Gasteiger partial charge on any atom is -0.390 e. The summed E-state index contributed by atoms with van der Waals surface area (Å²) in [5.41, 5.74) is 0.943. The number of carbonyl (C=O) groups excluding carboxylic acids is 1. The van der Waals surface area contributed by atoms with Crippen molar-refractivity contribution >= 4 is 21.4 Å². The van der Waals surface area contributed by atoms with Gasteiger partial charge in [0.2, 0.25) is 5.91 Å².